The van der Waals surface area contributed by atoms with Crippen molar-refractivity contribution in [3.05, 3.63) is 75.1 Å². The topological polar surface area (TPSA) is 96.2 Å². The van der Waals surface area contributed by atoms with Gasteiger partial charge in [-0.3, -0.25) is 4.79 Å². The van der Waals surface area contributed by atoms with Crippen LogP contribution in [0.25, 0.3) is 11.3 Å². The fourth-order valence-electron chi connectivity index (χ4n) is 5.02. The summed E-state index contributed by atoms with van der Waals surface area (Å²) in [6.45, 7) is 4.51. The largest absolute Gasteiger partial charge is 0.489 e. The van der Waals surface area contributed by atoms with Crippen molar-refractivity contribution in [1.82, 2.24) is 4.57 Å². The number of hydrogen-bond acceptors (Lipinski definition) is 6. The third-order valence-corrected chi connectivity index (χ3v) is 6.63. The van der Waals surface area contributed by atoms with Gasteiger partial charge in [0.2, 0.25) is 6.23 Å². The van der Waals surface area contributed by atoms with Crippen molar-refractivity contribution >= 4 is 5.97 Å². The van der Waals surface area contributed by atoms with Crippen molar-refractivity contribution < 1.29 is 42.0 Å². The molecule has 8 nitrogen and oxygen atoms in total. The van der Waals surface area contributed by atoms with Gasteiger partial charge in [0, 0.05) is 61.6 Å². The van der Waals surface area contributed by atoms with Gasteiger partial charge < -0.3 is 28.6 Å². The van der Waals surface area contributed by atoms with E-state index < -0.39 is 40.5 Å². The molecule has 0 saturated heterocycles. The van der Waals surface area contributed by atoms with Crippen molar-refractivity contribution in [1.29, 1.82) is 0 Å². The lowest BCUT2D eigenvalue weighted by atomic mass is 9.92. The van der Waals surface area contributed by atoms with Crippen LogP contribution in [0.2, 0.25) is 0 Å². The molecular weight excluding hydrogens is 519 g/mol. The van der Waals surface area contributed by atoms with Gasteiger partial charge in [0.25, 0.3) is 0 Å². The minimum absolute atomic E-state index is 0.196. The molecule has 2 aliphatic rings. The van der Waals surface area contributed by atoms with Crippen LogP contribution in [0.3, 0.4) is 0 Å². The molecule has 1 atom stereocenters. The van der Waals surface area contributed by atoms with Crippen LogP contribution in [0.4, 0.5) is 13.2 Å². The Balaban J connectivity index is 1.75. The van der Waals surface area contributed by atoms with Gasteiger partial charge in [-0.1, -0.05) is 18.2 Å². The molecule has 1 unspecified atom stereocenters. The van der Waals surface area contributed by atoms with E-state index in [1.165, 1.54) is 22.8 Å². The molecule has 0 aliphatic carbocycles. The zero-order chi connectivity index (χ0) is 28.1. The van der Waals surface area contributed by atoms with Crippen LogP contribution >= 0.6 is 0 Å². The van der Waals surface area contributed by atoms with Crippen LogP contribution in [-0.2, 0) is 17.3 Å². The minimum Gasteiger partial charge on any atom is -0.489 e. The number of methoxy groups -OCH3 is 1. The Bertz CT molecular complexity index is 1510. The summed E-state index contributed by atoms with van der Waals surface area (Å²) in [7, 11) is 1.57. The van der Waals surface area contributed by atoms with E-state index in [0.29, 0.717) is 48.7 Å². The highest BCUT2D eigenvalue weighted by atomic mass is 19.4. The second-order valence-electron chi connectivity index (χ2n) is 9.99. The molecule has 0 bridgehead atoms. The molecule has 206 valence electrons. The van der Waals surface area contributed by atoms with Crippen LogP contribution < -0.4 is 19.6 Å². The van der Waals surface area contributed by atoms with Crippen LogP contribution in [0.1, 0.15) is 53.5 Å². The summed E-state index contributed by atoms with van der Waals surface area (Å²) in [6, 6.07) is 7.56. The molecule has 1 N–H and O–H groups in total. The second kappa shape index (κ2) is 9.64. The van der Waals surface area contributed by atoms with E-state index in [-0.39, 0.29) is 17.0 Å². The number of carboxylic acid groups (broad SMARTS) is 1. The molecule has 1 aromatic heterocycles. The van der Waals surface area contributed by atoms with E-state index in [1.54, 1.807) is 13.2 Å². The van der Waals surface area contributed by atoms with Crippen molar-refractivity contribution in [2.24, 2.45) is 0 Å². The number of alkyl halides is 3. The molecule has 39 heavy (non-hydrogen) atoms. The Labute approximate surface area is 221 Å². The van der Waals surface area contributed by atoms with Crippen LogP contribution in [-0.4, -0.2) is 41.6 Å². The van der Waals surface area contributed by atoms with Gasteiger partial charge in [-0.2, -0.15) is 13.2 Å². The highest BCUT2D eigenvalue weighted by Gasteiger charge is 2.42. The normalized spacial score (nSPS) is 16.9. The number of benzene rings is 2. The molecule has 0 radical (unpaired) electrons. The van der Waals surface area contributed by atoms with Gasteiger partial charge >= 0.3 is 12.1 Å². The Morgan fingerprint density at radius 2 is 1.95 bits per heavy atom. The molecule has 3 heterocycles. The van der Waals surface area contributed by atoms with Gasteiger partial charge in [0.1, 0.15) is 16.9 Å². The SMILES string of the molecule is COCCCOc1cc2c(c3c1OC(C)(C)C3)-c1cc(=O)c(C(=O)O)cn1C(c1ccccc1C(F)(F)F)O2. The number of ether oxygens (including phenoxy) is 4. The Hall–Kier alpha value is -3.99. The van der Waals surface area contributed by atoms with Crippen LogP contribution in [0.15, 0.2) is 47.4 Å². The van der Waals surface area contributed by atoms with Gasteiger partial charge in [-0.15, -0.1) is 0 Å². The van der Waals surface area contributed by atoms with E-state index in [9.17, 15) is 27.9 Å². The lowest BCUT2D eigenvalue weighted by Gasteiger charge is -2.34. The molecule has 2 aliphatic heterocycles. The zero-order valence-corrected chi connectivity index (χ0v) is 21.4. The second-order valence-corrected chi connectivity index (χ2v) is 9.99. The summed E-state index contributed by atoms with van der Waals surface area (Å²) < 4.78 is 66.8. The average Bonchev–Trinajstić information content (AvgIpc) is 3.19. The third kappa shape index (κ3) is 4.82. The Kier molecular flexibility index (Phi) is 6.58. The summed E-state index contributed by atoms with van der Waals surface area (Å²) in [5.41, 5.74) is -1.89. The maximum Gasteiger partial charge on any atom is 0.416 e. The quantitative estimate of drug-likeness (QED) is 0.403. The number of rotatable bonds is 7. The number of nitrogens with zero attached hydrogens (tertiary/aromatic N) is 1. The minimum atomic E-state index is -4.71. The van der Waals surface area contributed by atoms with Crippen molar-refractivity contribution in [2.75, 3.05) is 20.3 Å². The number of hydrogen-bond donors (Lipinski definition) is 1. The molecule has 5 rings (SSSR count). The van der Waals surface area contributed by atoms with E-state index >= 15 is 0 Å². The molecule has 0 fully saturated rings. The van der Waals surface area contributed by atoms with E-state index in [4.69, 9.17) is 18.9 Å². The smallest absolute Gasteiger partial charge is 0.416 e. The van der Waals surface area contributed by atoms with Crippen LogP contribution in [0.5, 0.6) is 17.2 Å². The number of carbonyl (C=O) groups is 1. The number of pyridine rings is 1. The first-order valence-corrected chi connectivity index (χ1v) is 12.2. The summed E-state index contributed by atoms with van der Waals surface area (Å²) in [4.78, 5) is 24.6. The number of fused-ring (bicyclic) bond motifs is 5. The first-order chi connectivity index (χ1) is 18.4. The number of halogens is 3. The van der Waals surface area contributed by atoms with Crippen molar-refractivity contribution in [3.63, 3.8) is 0 Å². The highest BCUT2D eigenvalue weighted by molar-refractivity contribution is 5.88. The predicted octanol–water partition coefficient (Wildman–Crippen LogP) is 5.30. The van der Waals surface area contributed by atoms with Gasteiger partial charge in [-0.25, -0.2) is 4.79 Å². The lowest BCUT2D eigenvalue weighted by Crippen LogP contribution is -2.30. The number of carboxylic acids is 1. The first kappa shape index (κ1) is 26.6. The number of aromatic carboxylic acids is 1. The Morgan fingerprint density at radius 1 is 1.21 bits per heavy atom. The maximum atomic E-state index is 14.0. The van der Waals surface area contributed by atoms with Crippen LogP contribution in [0, 0.1) is 0 Å². The number of aromatic nitrogens is 1. The van der Waals surface area contributed by atoms with E-state index in [1.807, 2.05) is 13.8 Å². The zero-order valence-electron chi connectivity index (χ0n) is 21.4. The van der Waals surface area contributed by atoms with Gasteiger partial charge in [0.15, 0.2) is 16.9 Å². The lowest BCUT2D eigenvalue weighted by molar-refractivity contribution is -0.139. The van der Waals surface area contributed by atoms with E-state index in [2.05, 4.69) is 0 Å². The van der Waals surface area contributed by atoms with Crippen molar-refractivity contribution in [3.8, 4) is 28.5 Å². The maximum absolute atomic E-state index is 14.0. The van der Waals surface area contributed by atoms with E-state index in [0.717, 1.165) is 18.3 Å². The fraction of sp³-hybridized carbons (Fsp3) is 0.357. The molecule has 0 spiro atoms. The summed E-state index contributed by atoms with van der Waals surface area (Å²) in [5, 5.41) is 9.60. The third-order valence-electron chi connectivity index (χ3n) is 6.63. The van der Waals surface area contributed by atoms with Crippen molar-refractivity contribution in [2.45, 2.75) is 44.7 Å². The summed E-state index contributed by atoms with van der Waals surface area (Å²) >= 11 is 0. The molecule has 11 heteroatoms. The predicted molar refractivity (Wildman–Crippen MR) is 134 cm³/mol. The molecular formula is C28H26F3NO7. The molecule has 0 saturated carbocycles. The van der Waals surface area contributed by atoms with Gasteiger partial charge in [-0.05, 0) is 19.9 Å². The first-order valence-electron chi connectivity index (χ1n) is 12.2. The highest BCUT2D eigenvalue weighted by Crippen LogP contribution is 2.54. The fourth-order valence-corrected chi connectivity index (χ4v) is 5.02. The monoisotopic (exact) mass is 545 g/mol. The standard InChI is InChI=1S/C28H26F3NO7/c1-27(2)13-16-23-19-11-20(33)17(26(34)35)14-32(19)25(15-7-4-5-8-18(15)28(29,30)31)38-21(23)12-22(24(16)39-27)37-10-6-9-36-3/h4-5,7-8,11-12,14,25H,6,9-10,13H2,1-3H3,(H,34,35). The Morgan fingerprint density at radius 3 is 2.64 bits per heavy atom. The van der Waals surface area contributed by atoms with Gasteiger partial charge in [0.05, 0.1) is 17.9 Å². The summed E-state index contributed by atoms with van der Waals surface area (Å²) in [6.07, 6.45) is -4.12. The average molecular weight is 546 g/mol. The molecule has 3 aromatic rings. The summed E-state index contributed by atoms with van der Waals surface area (Å²) in [5.74, 6) is -0.513. The molecule has 0 amide bonds. The molecule has 2 aromatic carbocycles.